The smallest absolute Gasteiger partial charge is 0.325 e. The number of likely N-dealkylation sites (tertiary alicyclic amines) is 1. The maximum Gasteiger partial charge on any atom is 0.325 e. The lowest BCUT2D eigenvalue weighted by molar-refractivity contribution is -0.143. The van der Waals surface area contributed by atoms with Crippen molar-refractivity contribution in [3.63, 3.8) is 0 Å². The molecule has 0 bridgehead atoms. The van der Waals surface area contributed by atoms with Crippen LogP contribution >= 0.6 is 0 Å². The zero-order valence-electron chi connectivity index (χ0n) is 15.8. The van der Waals surface area contributed by atoms with Crippen molar-refractivity contribution in [3.8, 4) is 0 Å². The second-order valence-corrected chi connectivity index (χ2v) is 8.08. The first-order valence-electron chi connectivity index (χ1n) is 10.0. The lowest BCUT2D eigenvalue weighted by atomic mass is 9.89. The fourth-order valence-electron chi connectivity index (χ4n) is 4.84. The third-order valence-corrected chi connectivity index (χ3v) is 6.47. The first-order chi connectivity index (χ1) is 13.0. The predicted octanol–water partition coefficient (Wildman–Crippen LogP) is 2.65. The molecule has 144 valence electrons. The van der Waals surface area contributed by atoms with Crippen molar-refractivity contribution in [2.24, 2.45) is 0 Å². The third-order valence-electron chi connectivity index (χ3n) is 6.47. The van der Waals surface area contributed by atoms with Crippen molar-refractivity contribution in [2.75, 3.05) is 13.1 Å². The molecule has 0 aromatic heterocycles. The molecule has 4 rings (SSSR count). The van der Waals surface area contributed by atoms with E-state index in [1.54, 1.807) is 6.92 Å². The van der Waals surface area contributed by atoms with Crippen LogP contribution in [0.4, 0.5) is 4.79 Å². The summed E-state index contributed by atoms with van der Waals surface area (Å²) in [6.45, 7) is 3.01. The first-order valence-corrected chi connectivity index (χ1v) is 10.0. The quantitative estimate of drug-likeness (QED) is 0.833. The molecule has 1 atom stereocenters. The topological polar surface area (TPSA) is 69.7 Å². The number of benzene rings is 1. The van der Waals surface area contributed by atoms with Crippen LogP contribution in [0.2, 0.25) is 0 Å². The molecule has 3 fully saturated rings. The Balaban J connectivity index is 1.40. The molecule has 4 amide bonds. The Labute approximate surface area is 159 Å². The molecule has 1 spiro atoms. The van der Waals surface area contributed by atoms with Crippen molar-refractivity contribution in [2.45, 2.75) is 62.9 Å². The second-order valence-electron chi connectivity index (χ2n) is 8.08. The fourth-order valence-corrected chi connectivity index (χ4v) is 4.84. The first kappa shape index (κ1) is 18.0. The van der Waals surface area contributed by atoms with E-state index in [1.807, 2.05) is 23.1 Å². The highest BCUT2D eigenvalue weighted by molar-refractivity contribution is 6.09. The number of carbonyl (C=O) groups excluding carboxylic acids is 3. The van der Waals surface area contributed by atoms with E-state index in [-0.39, 0.29) is 11.8 Å². The van der Waals surface area contributed by atoms with Crippen molar-refractivity contribution >= 4 is 17.8 Å². The number of rotatable bonds is 3. The number of imide groups is 1. The van der Waals surface area contributed by atoms with E-state index in [2.05, 4.69) is 17.4 Å². The lowest BCUT2D eigenvalue weighted by Gasteiger charge is -2.35. The SMILES string of the molecule is CC(C(=O)N1CCC(c2ccccc2)CC1)N1C(=O)NC2(CCCC2)C1=O. The molecule has 1 aromatic carbocycles. The molecule has 6 heteroatoms. The summed E-state index contributed by atoms with van der Waals surface area (Å²) in [6, 6.07) is 9.22. The lowest BCUT2D eigenvalue weighted by Crippen LogP contribution is -2.52. The summed E-state index contributed by atoms with van der Waals surface area (Å²) >= 11 is 0. The molecule has 1 saturated carbocycles. The molecule has 3 aliphatic rings. The van der Waals surface area contributed by atoms with Crippen molar-refractivity contribution in [1.29, 1.82) is 0 Å². The highest BCUT2D eigenvalue weighted by Crippen LogP contribution is 2.36. The molecule has 27 heavy (non-hydrogen) atoms. The normalized spacial score (nSPS) is 23.7. The van der Waals surface area contributed by atoms with Crippen LogP contribution in [-0.4, -0.2) is 52.3 Å². The highest BCUT2D eigenvalue weighted by Gasteiger charge is 2.54. The highest BCUT2D eigenvalue weighted by atomic mass is 16.2. The molecule has 1 unspecified atom stereocenters. The van der Waals surface area contributed by atoms with Gasteiger partial charge in [0.05, 0.1) is 0 Å². The van der Waals surface area contributed by atoms with Crippen LogP contribution in [0, 0.1) is 0 Å². The van der Waals surface area contributed by atoms with Gasteiger partial charge in [0.15, 0.2) is 0 Å². The van der Waals surface area contributed by atoms with Gasteiger partial charge in [-0.1, -0.05) is 43.2 Å². The number of urea groups is 1. The van der Waals surface area contributed by atoms with E-state index >= 15 is 0 Å². The number of nitrogens with one attached hydrogen (secondary N) is 1. The zero-order chi connectivity index (χ0) is 19.0. The van der Waals surface area contributed by atoms with E-state index in [1.165, 1.54) is 5.56 Å². The minimum atomic E-state index is -0.758. The fraction of sp³-hybridized carbons (Fsp3) is 0.571. The van der Waals surface area contributed by atoms with Gasteiger partial charge in [0.1, 0.15) is 11.6 Å². The van der Waals surface area contributed by atoms with Gasteiger partial charge in [-0.15, -0.1) is 0 Å². The number of carbonyl (C=O) groups is 3. The Hall–Kier alpha value is -2.37. The van der Waals surface area contributed by atoms with E-state index in [0.717, 1.165) is 30.6 Å². The summed E-state index contributed by atoms with van der Waals surface area (Å²) in [6.07, 6.45) is 5.05. The molecule has 1 aliphatic carbocycles. The van der Waals surface area contributed by atoms with Crippen LogP contribution in [0.25, 0.3) is 0 Å². The molecular formula is C21H27N3O3. The van der Waals surface area contributed by atoms with Crippen molar-refractivity contribution < 1.29 is 14.4 Å². The van der Waals surface area contributed by atoms with Gasteiger partial charge in [-0.05, 0) is 44.1 Å². The van der Waals surface area contributed by atoms with Crippen LogP contribution in [0.5, 0.6) is 0 Å². The standard InChI is InChI=1S/C21H27N3O3/c1-15(24-19(26)21(22-20(24)27)11-5-6-12-21)18(25)23-13-9-17(10-14-23)16-7-3-2-4-8-16/h2-4,7-8,15,17H,5-6,9-14H2,1H3,(H,22,27). The summed E-state index contributed by atoms with van der Waals surface area (Å²) in [5.41, 5.74) is 0.557. The van der Waals surface area contributed by atoms with Gasteiger partial charge in [-0.2, -0.15) is 0 Å². The zero-order valence-corrected chi connectivity index (χ0v) is 15.8. The molecule has 2 heterocycles. The van der Waals surface area contributed by atoms with Crippen LogP contribution in [0.15, 0.2) is 30.3 Å². The minimum Gasteiger partial charge on any atom is -0.341 e. The molecular weight excluding hydrogens is 342 g/mol. The number of hydrogen-bond acceptors (Lipinski definition) is 3. The molecule has 1 aromatic rings. The van der Waals surface area contributed by atoms with Gasteiger partial charge in [-0.3, -0.25) is 9.59 Å². The summed E-state index contributed by atoms with van der Waals surface area (Å²) < 4.78 is 0. The van der Waals surface area contributed by atoms with E-state index < -0.39 is 17.6 Å². The Morgan fingerprint density at radius 2 is 1.74 bits per heavy atom. The van der Waals surface area contributed by atoms with E-state index in [9.17, 15) is 14.4 Å². The van der Waals surface area contributed by atoms with Gasteiger partial charge in [0.2, 0.25) is 5.91 Å². The summed E-state index contributed by atoms with van der Waals surface area (Å²) in [4.78, 5) is 41.3. The summed E-state index contributed by atoms with van der Waals surface area (Å²) in [5, 5.41) is 2.86. The van der Waals surface area contributed by atoms with Crippen molar-refractivity contribution in [1.82, 2.24) is 15.1 Å². The number of hydrogen-bond donors (Lipinski definition) is 1. The minimum absolute atomic E-state index is 0.125. The van der Waals surface area contributed by atoms with Gasteiger partial charge in [0.25, 0.3) is 5.91 Å². The van der Waals surface area contributed by atoms with Crippen molar-refractivity contribution in [3.05, 3.63) is 35.9 Å². The van der Waals surface area contributed by atoms with Gasteiger partial charge >= 0.3 is 6.03 Å². The number of piperidine rings is 1. The summed E-state index contributed by atoms with van der Waals surface area (Å²) in [7, 11) is 0. The molecule has 2 saturated heterocycles. The monoisotopic (exact) mass is 369 g/mol. The number of amides is 4. The van der Waals surface area contributed by atoms with Crippen LogP contribution in [-0.2, 0) is 9.59 Å². The van der Waals surface area contributed by atoms with E-state index in [0.29, 0.717) is 31.8 Å². The second kappa shape index (κ2) is 6.98. The van der Waals surface area contributed by atoms with Gasteiger partial charge in [-0.25, -0.2) is 9.69 Å². The maximum atomic E-state index is 13.0. The maximum absolute atomic E-state index is 13.0. The molecule has 1 N–H and O–H groups in total. The average molecular weight is 369 g/mol. The Kier molecular flexibility index (Phi) is 4.66. The molecule has 2 aliphatic heterocycles. The predicted molar refractivity (Wildman–Crippen MR) is 101 cm³/mol. The van der Waals surface area contributed by atoms with Crippen LogP contribution < -0.4 is 5.32 Å². The Morgan fingerprint density at radius 1 is 1.11 bits per heavy atom. The Bertz CT molecular complexity index is 734. The number of nitrogens with zero attached hydrogens (tertiary/aromatic N) is 2. The average Bonchev–Trinajstić information content (AvgIpc) is 3.26. The van der Waals surface area contributed by atoms with Gasteiger partial charge < -0.3 is 10.2 Å². The summed E-state index contributed by atoms with van der Waals surface area (Å²) in [5.74, 6) is 0.120. The molecule has 0 radical (unpaired) electrons. The Morgan fingerprint density at radius 3 is 2.37 bits per heavy atom. The molecule has 6 nitrogen and oxygen atoms in total. The third kappa shape index (κ3) is 3.11. The largest absolute Gasteiger partial charge is 0.341 e. The van der Waals surface area contributed by atoms with E-state index in [4.69, 9.17) is 0 Å². The van der Waals surface area contributed by atoms with Crippen LogP contribution in [0.3, 0.4) is 0 Å². The van der Waals surface area contributed by atoms with Crippen LogP contribution in [0.1, 0.15) is 56.9 Å². The van der Waals surface area contributed by atoms with Gasteiger partial charge in [0, 0.05) is 13.1 Å².